The molecule has 1 aromatic carbocycles. The predicted octanol–water partition coefficient (Wildman–Crippen LogP) is 2.40. The molecule has 1 aromatic rings. The number of carbonyl (C=O) groups excluding carboxylic acids is 2. The highest BCUT2D eigenvalue weighted by Crippen LogP contribution is 2.25. The minimum absolute atomic E-state index is 0.00701. The van der Waals surface area contributed by atoms with Crippen LogP contribution in [0.4, 0.5) is 0 Å². The third kappa shape index (κ3) is 3.61. The second-order valence-corrected chi connectivity index (χ2v) is 6.53. The summed E-state index contributed by atoms with van der Waals surface area (Å²) in [5, 5.41) is 0. The first-order chi connectivity index (χ1) is 10.4. The van der Waals surface area contributed by atoms with E-state index in [1.54, 1.807) is 24.1 Å². The van der Waals surface area contributed by atoms with Crippen LogP contribution < -0.4 is 4.74 Å². The first kappa shape index (κ1) is 16.8. The molecule has 0 unspecified atom stereocenters. The van der Waals surface area contributed by atoms with Gasteiger partial charge in [-0.2, -0.15) is 0 Å². The number of nitrogens with zero attached hydrogens (tertiary/aromatic N) is 2. The van der Waals surface area contributed by atoms with Gasteiger partial charge in [0, 0.05) is 36.6 Å². The molecular formula is C16H21BrN2O3. The Bertz CT molecular complexity index is 567. The fourth-order valence-corrected chi connectivity index (χ4v) is 2.87. The van der Waals surface area contributed by atoms with Gasteiger partial charge in [-0.1, -0.05) is 29.8 Å². The zero-order valence-electron chi connectivity index (χ0n) is 13.1. The largest absolute Gasteiger partial charge is 0.496 e. The molecule has 0 radical (unpaired) electrons. The Morgan fingerprint density at radius 3 is 2.27 bits per heavy atom. The van der Waals surface area contributed by atoms with Gasteiger partial charge >= 0.3 is 0 Å². The van der Waals surface area contributed by atoms with Gasteiger partial charge in [0.25, 0.3) is 5.91 Å². The number of piperazine rings is 1. The molecule has 2 amide bonds. The molecule has 1 heterocycles. The van der Waals surface area contributed by atoms with Crippen molar-refractivity contribution in [2.24, 2.45) is 5.92 Å². The number of benzene rings is 1. The van der Waals surface area contributed by atoms with Gasteiger partial charge in [-0.3, -0.25) is 9.59 Å². The molecule has 0 aliphatic carbocycles. The topological polar surface area (TPSA) is 49.9 Å². The van der Waals surface area contributed by atoms with Crippen molar-refractivity contribution in [2.75, 3.05) is 33.3 Å². The summed E-state index contributed by atoms with van der Waals surface area (Å²) in [6.45, 7) is 6.05. The van der Waals surface area contributed by atoms with Gasteiger partial charge in [0.1, 0.15) is 5.75 Å². The maximum absolute atomic E-state index is 12.7. The lowest BCUT2D eigenvalue weighted by Crippen LogP contribution is -2.51. The number of hydrogen-bond acceptors (Lipinski definition) is 3. The van der Waals surface area contributed by atoms with Crippen molar-refractivity contribution >= 4 is 27.7 Å². The number of carbonyl (C=O) groups is 2. The first-order valence-corrected chi connectivity index (χ1v) is 8.15. The summed E-state index contributed by atoms with van der Waals surface area (Å²) in [6, 6.07) is 5.39. The summed E-state index contributed by atoms with van der Waals surface area (Å²) in [6.07, 6.45) is 0. The fourth-order valence-electron chi connectivity index (χ4n) is 2.51. The van der Waals surface area contributed by atoms with Crippen molar-refractivity contribution in [1.29, 1.82) is 0 Å². The van der Waals surface area contributed by atoms with Crippen LogP contribution in [0.1, 0.15) is 24.2 Å². The Labute approximate surface area is 139 Å². The summed E-state index contributed by atoms with van der Waals surface area (Å²) < 4.78 is 6.11. The lowest BCUT2D eigenvalue weighted by Gasteiger charge is -2.35. The van der Waals surface area contributed by atoms with E-state index in [4.69, 9.17) is 4.74 Å². The van der Waals surface area contributed by atoms with Crippen LogP contribution in [0.15, 0.2) is 22.7 Å². The maximum atomic E-state index is 12.7. The van der Waals surface area contributed by atoms with Crippen LogP contribution in [-0.4, -0.2) is 54.9 Å². The smallest absolute Gasteiger partial charge is 0.257 e. The Balaban J connectivity index is 2.07. The normalized spacial score (nSPS) is 15.1. The van der Waals surface area contributed by atoms with E-state index in [9.17, 15) is 9.59 Å². The molecular weight excluding hydrogens is 348 g/mol. The van der Waals surface area contributed by atoms with Gasteiger partial charge in [0.2, 0.25) is 5.91 Å². The first-order valence-electron chi connectivity index (χ1n) is 7.35. The summed E-state index contributed by atoms with van der Waals surface area (Å²) in [7, 11) is 1.55. The van der Waals surface area contributed by atoms with Crippen LogP contribution in [0.25, 0.3) is 0 Å². The van der Waals surface area contributed by atoms with E-state index in [1.807, 2.05) is 24.8 Å². The molecule has 1 fully saturated rings. The number of halogens is 1. The molecule has 0 bridgehead atoms. The van der Waals surface area contributed by atoms with E-state index < -0.39 is 0 Å². The minimum Gasteiger partial charge on any atom is -0.496 e. The molecule has 1 aliphatic heterocycles. The Morgan fingerprint density at radius 2 is 1.73 bits per heavy atom. The number of ether oxygens (including phenoxy) is 1. The molecule has 0 aromatic heterocycles. The third-order valence-corrected chi connectivity index (χ3v) is 4.26. The monoisotopic (exact) mass is 368 g/mol. The summed E-state index contributed by atoms with van der Waals surface area (Å²) in [4.78, 5) is 28.2. The summed E-state index contributed by atoms with van der Waals surface area (Å²) in [5.41, 5.74) is 0.542. The average molecular weight is 369 g/mol. The summed E-state index contributed by atoms with van der Waals surface area (Å²) >= 11 is 3.38. The van der Waals surface area contributed by atoms with Crippen molar-refractivity contribution in [3.8, 4) is 5.75 Å². The van der Waals surface area contributed by atoms with Crippen LogP contribution in [0, 0.1) is 5.92 Å². The molecule has 0 saturated carbocycles. The van der Waals surface area contributed by atoms with Crippen LogP contribution >= 0.6 is 15.9 Å². The molecule has 120 valence electrons. The van der Waals surface area contributed by atoms with E-state index in [2.05, 4.69) is 15.9 Å². The van der Waals surface area contributed by atoms with Crippen molar-refractivity contribution in [1.82, 2.24) is 9.80 Å². The lowest BCUT2D eigenvalue weighted by atomic mass is 10.1. The molecule has 1 saturated heterocycles. The molecule has 0 N–H and O–H groups in total. The maximum Gasteiger partial charge on any atom is 0.257 e. The van der Waals surface area contributed by atoms with Gasteiger partial charge in [-0.05, 0) is 18.2 Å². The van der Waals surface area contributed by atoms with Gasteiger partial charge in [0.05, 0.1) is 12.7 Å². The minimum atomic E-state index is -0.0604. The lowest BCUT2D eigenvalue weighted by molar-refractivity contribution is -0.135. The van der Waals surface area contributed by atoms with E-state index >= 15 is 0 Å². The van der Waals surface area contributed by atoms with Gasteiger partial charge in [-0.15, -0.1) is 0 Å². The van der Waals surface area contributed by atoms with Crippen LogP contribution in [0.3, 0.4) is 0 Å². The molecule has 0 spiro atoms. The molecule has 22 heavy (non-hydrogen) atoms. The Morgan fingerprint density at radius 1 is 1.14 bits per heavy atom. The Hall–Kier alpha value is -1.56. The van der Waals surface area contributed by atoms with Gasteiger partial charge in [-0.25, -0.2) is 0 Å². The molecule has 2 rings (SSSR count). The zero-order valence-corrected chi connectivity index (χ0v) is 14.7. The van der Waals surface area contributed by atoms with E-state index in [1.165, 1.54) is 0 Å². The average Bonchev–Trinajstić information content (AvgIpc) is 2.53. The highest BCUT2D eigenvalue weighted by atomic mass is 79.9. The van der Waals surface area contributed by atoms with E-state index in [-0.39, 0.29) is 17.7 Å². The van der Waals surface area contributed by atoms with Crippen molar-refractivity contribution in [3.63, 3.8) is 0 Å². The van der Waals surface area contributed by atoms with Gasteiger partial charge in [0.15, 0.2) is 0 Å². The Kier molecular flexibility index (Phi) is 5.45. The number of amides is 2. The number of rotatable bonds is 3. The van der Waals surface area contributed by atoms with Crippen LogP contribution in [0.2, 0.25) is 0 Å². The van der Waals surface area contributed by atoms with Crippen molar-refractivity contribution in [2.45, 2.75) is 13.8 Å². The van der Waals surface area contributed by atoms with E-state index in [0.717, 1.165) is 4.47 Å². The fraction of sp³-hybridized carbons (Fsp3) is 0.500. The van der Waals surface area contributed by atoms with E-state index in [0.29, 0.717) is 37.5 Å². The number of methoxy groups -OCH3 is 1. The van der Waals surface area contributed by atoms with Crippen LogP contribution in [0.5, 0.6) is 5.75 Å². The van der Waals surface area contributed by atoms with Gasteiger partial charge < -0.3 is 14.5 Å². The third-order valence-electron chi connectivity index (χ3n) is 3.76. The van der Waals surface area contributed by atoms with Crippen molar-refractivity contribution in [3.05, 3.63) is 28.2 Å². The highest BCUT2D eigenvalue weighted by Gasteiger charge is 2.27. The molecule has 0 atom stereocenters. The highest BCUT2D eigenvalue weighted by molar-refractivity contribution is 9.10. The number of hydrogen-bond donors (Lipinski definition) is 0. The van der Waals surface area contributed by atoms with Crippen molar-refractivity contribution < 1.29 is 14.3 Å². The molecule has 5 nitrogen and oxygen atoms in total. The summed E-state index contributed by atoms with van der Waals surface area (Å²) in [5.74, 6) is 0.642. The standard InChI is InChI=1S/C16H21BrN2O3/c1-11(2)15(20)18-6-8-19(9-7-18)16(21)13-10-12(17)4-5-14(13)22-3/h4-5,10-11H,6-9H2,1-3H3. The second-order valence-electron chi connectivity index (χ2n) is 5.62. The molecule has 6 heteroatoms. The predicted molar refractivity (Wildman–Crippen MR) is 88.0 cm³/mol. The zero-order chi connectivity index (χ0) is 16.3. The van der Waals surface area contributed by atoms with Crippen LogP contribution in [-0.2, 0) is 4.79 Å². The quantitative estimate of drug-likeness (QED) is 0.822. The molecule has 1 aliphatic rings. The SMILES string of the molecule is COc1ccc(Br)cc1C(=O)N1CCN(C(=O)C(C)C)CC1. The second kappa shape index (κ2) is 7.13.